The molecule has 1 unspecified atom stereocenters. The molecule has 0 aliphatic carbocycles. The number of ether oxygens (including phenoxy) is 1. The summed E-state index contributed by atoms with van der Waals surface area (Å²) >= 11 is 0. The van der Waals surface area contributed by atoms with E-state index in [0.717, 1.165) is 19.3 Å². The zero-order valence-corrected chi connectivity index (χ0v) is 24.7. The third-order valence-electron chi connectivity index (χ3n) is 7.53. The average Bonchev–Trinajstić information content (AvgIpc) is 2.87. The Labute approximate surface area is 221 Å². The Morgan fingerprint density at radius 1 is 0.543 bits per heavy atom. The molecule has 0 radical (unpaired) electrons. The zero-order chi connectivity index (χ0) is 25.8. The van der Waals surface area contributed by atoms with Crippen LogP contribution in [0.5, 0.6) is 0 Å². The van der Waals surface area contributed by atoms with Gasteiger partial charge >= 0.3 is 5.97 Å². The monoisotopic (exact) mass is 496 g/mol. The molecule has 35 heavy (non-hydrogen) atoms. The van der Waals surface area contributed by atoms with Gasteiger partial charge < -0.3 is 9.64 Å². The third-order valence-corrected chi connectivity index (χ3v) is 7.53. The van der Waals surface area contributed by atoms with Crippen LogP contribution in [0.1, 0.15) is 169 Å². The van der Waals surface area contributed by atoms with E-state index in [9.17, 15) is 4.79 Å². The Bertz CT molecular complexity index is 426. The van der Waals surface area contributed by atoms with Crippen molar-refractivity contribution < 1.29 is 9.53 Å². The minimum atomic E-state index is 0.0950. The van der Waals surface area contributed by atoms with Crippen molar-refractivity contribution in [1.29, 1.82) is 0 Å². The van der Waals surface area contributed by atoms with E-state index in [2.05, 4.69) is 32.6 Å². The molecule has 1 atom stereocenters. The number of carbonyl (C=O) groups is 1. The van der Waals surface area contributed by atoms with Crippen LogP contribution in [-0.4, -0.2) is 37.1 Å². The third kappa shape index (κ3) is 23.6. The van der Waals surface area contributed by atoms with Crippen molar-refractivity contribution in [3.63, 3.8) is 0 Å². The van der Waals surface area contributed by atoms with Gasteiger partial charge in [0.1, 0.15) is 0 Å². The molecular weight excluding hydrogens is 430 g/mol. The molecule has 3 nitrogen and oxygen atoms in total. The fraction of sp³-hybridized carbons (Fsp3) is 0.969. The topological polar surface area (TPSA) is 29.5 Å². The minimum absolute atomic E-state index is 0.0950. The van der Waals surface area contributed by atoms with Crippen molar-refractivity contribution >= 4 is 5.97 Å². The lowest BCUT2D eigenvalue weighted by Gasteiger charge is -2.19. The zero-order valence-electron chi connectivity index (χ0n) is 24.7. The van der Waals surface area contributed by atoms with E-state index in [1.165, 1.54) is 142 Å². The second-order valence-corrected chi connectivity index (χ2v) is 10.9. The van der Waals surface area contributed by atoms with Gasteiger partial charge in [0.15, 0.2) is 0 Å². The summed E-state index contributed by atoms with van der Waals surface area (Å²) < 4.78 is 5.75. The minimum Gasteiger partial charge on any atom is -0.465 e. The summed E-state index contributed by atoms with van der Waals surface area (Å²) in [5.74, 6) is 0.236. The number of nitrogens with zero attached hydrogens (tertiary/aromatic N) is 1. The first-order valence-electron chi connectivity index (χ1n) is 16.1. The lowest BCUT2D eigenvalue weighted by molar-refractivity contribution is -0.149. The molecule has 0 saturated carbocycles. The number of rotatable bonds is 28. The standard InChI is InChI=1S/C32H65NO2/c1-5-9-12-14-19-23-27-31(26-22-18-13-10-6-2)32(34)35-30-25-21-17-15-16-20-24-29-33(8-4)28-11-7-3/h31H,5-30H2,1-4H3. The van der Waals surface area contributed by atoms with Crippen molar-refractivity contribution in [1.82, 2.24) is 4.90 Å². The highest BCUT2D eigenvalue weighted by Crippen LogP contribution is 2.21. The van der Waals surface area contributed by atoms with Crippen molar-refractivity contribution in [2.45, 2.75) is 169 Å². The number of hydrogen-bond acceptors (Lipinski definition) is 3. The summed E-state index contributed by atoms with van der Waals surface area (Å²) in [5.41, 5.74) is 0. The molecule has 0 aromatic carbocycles. The van der Waals surface area contributed by atoms with Gasteiger partial charge in [-0.25, -0.2) is 0 Å². The van der Waals surface area contributed by atoms with Gasteiger partial charge in [0.05, 0.1) is 12.5 Å². The molecule has 0 bridgehead atoms. The summed E-state index contributed by atoms with van der Waals surface area (Å²) in [6.07, 6.45) is 27.7. The second kappa shape index (κ2) is 28.0. The largest absolute Gasteiger partial charge is 0.465 e. The highest BCUT2D eigenvalue weighted by Gasteiger charge is 2.19. The van der Waals surface area contributed by atoms with Gasteiger partial charge in [-0.2, -0.15) is 0 Å². The molecule has 0 aromatic heterocycles. The Morgan fingerprint density at radius 2 is 0.971 bits per heavy atom. The second-order valence-electron chi connectivity index (χ2n) is 10.9. The number of hydrogen-bond donors (Lipinski definition) is 0. The SMILES string of the molecule is CCCCCCCCC(CCCCCCC)C(=O)OCCCCCCCCCN(CC)CCCC. The lowest BCUT2D eigenvalue weighted by atomic mass is 9.94. The first kappa shape index (κ1) is 34.4. The average molecular weight is 496 g/mol. The van der Waals surface area contributed by atoms with Crippen LogP contribution in [0.15, 0.2) is 0 Å². The van der Waals surface area contributed by atoms with Gasteiger partial charge in [0.2, 0.25) is 0 Å². The van der Waals surface area contributed by atoms with Crippen LogP contribution in [-0.2, 0) is 9.53 Å². The fourth-order valence-corrected chi connectivity index (χ4v) is 4.97. The van der Waals surface area contributed by atoms with Crippen LogP contribution >= 0.6 is 0 Å². The van der Waals surface area contributed by atoms with Crippen molar-refractivity contribution in [2.24, 2.45) is 5.92 Å². The Hall–Kier alpha value is -0.570. The van der Waals surface area contributed by atoms with E-state index in [1.54, 1.807) is 0 Å². The number of unbranched alkanes of at least 4 members (excludes halogenated alkanes) is 16. The van der Waals surface area contributed by atoms with E-state index < -0.39 is 0 Å². The number of carbonyl (C=O) groups excluding carboxylic acids is 1. The van der Waals surface area contributed by atoms with E-state index in [4.69, 9.17) is 4.74 Å². The quantitative estimate of drug-likeness (QED) is 0.0798. The van der Waals surface area contributed by atoms with Gasteiger partial charge in [0.25, 0.3) is 0 Å². The first-order chi connectivity index (χ1) is 17.2. The molecule has 3 heteroatoms. The van der Waals surface area contributed by atoms with Gasteiger partial charge in [0, 0.05) is 0 Å². The van der Waals surface area contributed by atoms with Crippen LogP contribution < -0.4 is 0 Å². The van der Waals surface area contributed by atoms with Crippen molar-refractivity contribution in [3.05, 3.63) is 0 Å². The predicted molar refractivity (Wildman–Crippen MR) is 155 cm³/mol. The Balaban J connectivity index is 3.90. The van der Waals surface area contributed by atoms with Crippen LogP contribution in [0.25, 0.3) is 0 Å². The van der Waals surface area contributed by atoms with E-state index >= 15 is 0 Å². The highest BCUT2D eigenvalue weighted by molar-refractivity contribution is 5.72. The van der Waals surface area contributed by atoms with Crippen LogP contribution in [0.4, 0.5) is 0 Å². The molecule has 0 N–H and O–H groups in total. The lowest BCUT2D eigenvalue weighted by Crippen LogP contribution is -2.25. The van der Waals surface area contributed by atoms with E-state index in [1.807, 2.05) is 0 Å². The van der Waals surface area contributed by atoms with Gasteiger partial charge in [-0.15, -0.1) is 0 Å². The van der Waals surface area contributed by atoms with E-state index in [-0.39, 0.29) is 11.9 Å². The summed E-state index contributed by atoms with van der Waals surface area (Å²) in [5, 5.41) is 0. The molecule has 0 heterocycles. The Morgan fingerprint density at radius 3 is 1.49 bits per heavy atom. The van der Waals surface area contributed by atoms with Crippen molar-refractivity contribution in [3.8, 4) is 0 Å². The summed E-state index contributed by atoms with van der Waals surface area (Å²) in [4.78, 5) is 15.4. The Kier molecular flexibility index (Phi) is 27.6. The first-order valence-corrected chi connectivity index (χ1v) is 16.1. The molecule has 0 spiro atoms. The number of esters is 1. The summed E-state index contributed by atoms with van der Waals surface area (Å²) in [7, 11) is 0. The normalized spacial score (nSPS) is 12.4. The molecule has 0 rings (SSSR count). The highest BCUT2D eigenvalue weighted by atomic mass is 16.5. The molecule has 0 amide bonds. The van der Waals surface area contributed by atoms with Gasteiger partial charge in [-0.05, 0) is 51.7 Å². The molecule has 210 valence electrons. The maximum atomic E-state index is 12.8. The predicted octanol–water partition coefficient (Wildman–Crippen LogP) is 10.1. The van der Waals surface area contributed by atoms with Gasteiger partial charge in [-0.3, -0.25) is 4.79 Å². The summed E-state index contributed by atoms with van der Waals surface area (Å²) in [6.45, 7) is 13.4. The molecule has 0 fully saturated rings. The van der Waals surface area contributed by atoms with Crippen LogP contribution in [0.3, 0.4) is 0 Å². The van der Waals surface area contributed by atoms with Crippen LogP contribution in [0.2, 0.25) is 0 Å². The fourth-order valence-electron chi connectivity index (χ4n) is 4.97. The molecule has 0 aliphatic rings. The smallest absolute Gasteiger partial charge is 0.308 e. The molecule has 0 aromatic rings. The van der Waals surface area contributed by atoms with E-state index in [0.29, 0.717) is 6.61 Å². The maximum Gasteiger partial charge on any atom is 0.308 e. The molecule has 0 aliphatic heterocycles. The van der Waals surface area contributed by atoms with Crippen molar-refractivity contribution in [2.75, 3.05) is 26.2 Å². The van der Waals surface area contributed by atoms with Crippen LogP contribution in [0, 0.1) is 5.92 Å². The summed E-state index contributed by atoms with van der Waals surface area (Å²) in [6, 6.07) is 0. The molecule has 0 saturated heterocycles. The maximum absolute atomic E-state index is 12.8. The van der Waals surface area contributed by atoms with Gasteiger partial charge in [-0.1, -0.05) is 137 Å². The molecular formula is C32H65NO2.